The van der Waals surface area contributed by atoms with Crippen LogP contribution in [0.4, 0.5) is 0 Å². The van der Waals surface area contributed by atoms with Crippen LogP contribution in [0.3, 0.4) is 0 Å². The van der Waals surface area contributed by atoms with E-state index in [9.17, 15) is 0 Å². The number of hydrogen-bond donors (Lipinski definition) is 1. The van der Waals surface area contributed by atoms with Crippen molar-refractivity contribution in [3.05, 3.63) is 35.4 Å². The molecule has 0 aromatic heterocycles. The summed E-state index contributed by atoms with van der Waals surface area (Å²) in [6, 6.07) is 8.85. The second kappa shape index (κ2) is 6.47. The van der Waals surface area contributed by atoms with Gasteiger partial charge in [0, 0.05) is 19.7 Å². The molecule has 2 atom stereocenters. The van der Waals surface area contributed by atoms with Crippen molar-refractivity contribution >= 4 is 0 Å². The van der Waals surface area contributed by atoms with Crippen LogP contribution in [0.15, 0.2) is 24.3 Å². The van der Waals surface area contributed by atoms with E-state index >= 15 is 0 Å². The van der Waals surface area contributed by atoms with Crippen molar-refractivity contribution in [2.45, 2.75) is 50.2 Å². The Morgan fingerprint density at radius 2 is 2.14 bits per heavy atom. The van der Waals surface area contributed by atoms with Gasteiger partial charge in [-0.25, -0.2) is 0 Å². The first kappa shape index (κ1) is 15.0. The molecule has 2 N–H and O–H groups in total. The molecule has 1 aromatic rings. The zero-order chi connectivity index (χ0) is 14.7. The fourth-order valence-corrected chi connectivity index (χ4v) is 4.09. The summed E-state index contributed by atoms with van der Waals surface area (Å²) in [6.07, 6.45) is 7.64. The summed E-state index contributed by atoms with van der Waals surface area (Å²) in [4.78, 5) is 2.47. The molecule has 0 bridgehead atoms. The van der Waals surface area contributed by atoms with E-state index in [1.165, 1.54) is 43.2 Å². The predicted molar refractivity (Wildman–Crippen MR) is 86.3 cm³/mol. The number of likely N-dealkylation sites (N-methyl/N-ethyl adjacent to an activating group) is 1. The quantitative estimate of drug-likeness (QED) is 0.926. The molecule has 3 nitrogen and oxygen atoms in total. The minimum Gasteiger partial charge on any atom is -0.377 e. The Bertz CT molecular complexity index is 470. The van der Waals surface area contributed by atoms with Crippen molar-refractivity contribution in [3.8, 4) is 0 Å². The zero-order valence-corrected chi connectivity index (χ0v) is 13.2. The standard InChI is InChI=1S/C18H28N2O/c1-20(13-16-9-4-5-12-21-16)18(14-19)11-6-8-15-7-2-3-10-17(15)18/h2-3,7,10,16H,4-6,8-9,11-14,19H2,1H3. The molecule has 0 saturated carbocycles. The molecule has 3 heteroatoms. The number of benzene rings is 1. The van der Waals surface area contributed by atoms with Crippen LogP contribution in [0.25, 0.3) is 0 Å². The van der Waals surface area contributed by atoms with Crippen molar-refractivity contribution in [3.63, 3.8) is 0 Å². The maximum Gasteiger partial charge on any atom is 0.0702 e. The Morgan fingerprint density at radius 3 is 2.90 bits per heavy atom. The second-order valence-corrected chi connectivity index (χ2v) is 6.62. The van der Waals surface area contributed by atoms with Crippen molar-refractivity contribution in [1.29, 1.82) is 0 Å². The number of nitrogens with zero attached hydrogens (tertiary/aromatic N) is 1. The fraction of sp³-hybridized carbons (Fsp3) is 0.667. The summed E-state index contributed by atoms with van der Waals surface area (Å²) in [7, 11) is 2.23. The van der Waals surface area contributed by atoms with Gasteiger partial charge in [0.1, 0.15) is 0 Å². The summed E-state index contributed by atoms with van der Waals surface area (Å²) in [6.45, 7) is 2.60. The maximum absolute atomic E-state index is 6.28. The van der Waals surface area contributed by atoms with Crippen LogP contribution in [0.2, 0.25) is 0 Å². The topological polar surface area (TPSA) is 38.5 Å². The molecule has 3 rings (SSSR count). The average molecular weight is 288 g/mol. The molecule has 1 fully saturated rings. The number of ether oxygens (including phenoxy) is 1. The van der Waals surface area contributed by atoms with E-state index in [0.717, 1.165) is 19.6 Å². The van der Waals surface area contributed by atoms with E-state index in [0.29, 0.717) is 12.6 Å². The number of nitrogens with two attached hydrogens (primary N) is 1. The van der Waals surface area contributed by atoms with Crippen LogP contribution in [0, 0.1) is 0 Å². The number of hydrogen-bond acceptors (Lipinski definition) is 3. The van der Waals surface area contributed by atoms with Gasteiger partial charge < -0.3 is 10.5 Å². The van der Waals surface area contributed by atoms with Crippen LogP contribution in [0.5, 0.6) is 0 Å². The van der Waals surface area contributed by atoms with Crippen molar-refractivity contribution in [2.75, 3.05) is 26.7 Å². The predicted octanol–water partition coefficient (Wildman–Crippen LogP) is 2.68. The zero-order valence-electron chi connectivity index (χ0n) is 13.2. The van der Waals surface area contributed by atoms with E-state index in [2.05, 4.69) is 36.2 Å². The summed E-state index contributed by atoms with van der Waals surface area (Å²) in [5.74, 6) is 0. The molecule has 0 spiro atoms. The Balaban J connectivity index is 1.83. The van der Waals surface area contributed by atoms with Crippen LogP contribution in [-0.4, -0.2) is 37.7 Å². The Morgan fingerprint density at radius 1 is 1.29 bits per heavy atom. The van der Waals surface area contributed by atoms with E-state index in [1.54, 1.807) is 0 Å². The van der Waals surface area contributed by atoms with Crippen LogP contribution in [0.1, 0.15) is 43.2 Å². The van der Waals surface area contributed by atoms with Gasteiger partial charge in [0.05, 0.1) is 11.6 Å². The third-order valence-electron chi connectivity index (χ3n) is 5.38. The molecule has 2 unspecified atom stereocenters. The number of aryl methyl sites for hydroxylation is 1. The first-order valence-corrected chi connectivity index (χ1v) is 8.37. The molecule has 1 saturated heterocycles. The summed E-state index contributed by atoms with van der Waals surface area (Å²) >= 11 is 0. The molecular weight excluding hydrogens is 260 g/mol. The van der Waals surface area contributed by atoms with Gasteiger partial charge in [-0.05, 0) is 56.7 Å². The van der Waals surface area contributed by atoms with Crippen LogP contribution in [-0.2, 0) is 16.7 Å². The lowest BCUT2D eigenvalue weighted by Gasteiger charge is -2.46. The Kier molecular flexibility index (Phi) is 4.63. The lowest BCUT2D eigenvalue weighted by molar-refractivity contribution is -0.0270. The molecule has 0 radical (unpaired) electrons. The van der Waals surface area contributed by atoms with Gasteiger partial charge in [0.2, 0.25) is 0 Å². The maximum atomic E-state index is 6.28. The summed E-state index contributed by atoms with van der Waals surface area (Å²) in [5.41, 5.74) is 9.19. The highest BCUT2D eigenvalue weighted by Gasteiger charge is 2.39. The van der Waals surface area contributed by atoms with Gasteiger partial charge in [-0.1, -0.05) is 24.3 Å². The van der Waals surface area contributed by atoms with Crippen LogP contribution < -0.4 is 5.73 Å². The van der Waals surface area contributed by atoms with E-state index in [4.69, 9.17) is 10.5 Å². The highest BCUT2D eigenvalue weighted by atomic mass is 16.5. The van der Waals surface area contributed by atoms with E-state index < -0.39 is 0 Å². The lowest BCUT2D eigenvalue weighted by atomic mass is 9.75. The largest absolute Gasteiger partial charge is 0.377 e. The molecular formula is C18H28N2O. The smallest absolute Gasteiger partial charge is 0.0702 e. The molecule has 1 aliphatic heterocycles. The second-order valence-electron chi connectivity index (χ2n) is 6.62. The first-order chi connectivity index (χ1) is 10.3. The van der Waals surface area contributed by atoms with Gasteiger partial charge >= 0.3 is 0 Å². The van der Waals surface area contributed by atoms with Crippen molar-refractivity contribution in [1.82, 2.24) is 4.90 Å². The highest BCUT2D eigenvalue weighted by molar-refractivity contribution is 5.36. The summed E-state index contributed by atoms with van der Waals surface area (Å²) < 4.78 is 5.93. The highest BCUT2D eigenvalue weighted by Crippen LogP contribution is 2.39. The van der Waals surface area contributed by atoms with Crippen molar-refractivity contribution in [2.24, 2.45) is 5.73 Å². The van der Waals surface area contributed by atoms with E-state index in [-0.39, 0.29) is 5.54 Å². The van der Waals surface area contributed by atoms with Gasteiger partial charge in [-0.2, -0.15) is 0 Å². The minimum absolute atomic E-state index is 0.00432. The van der Waals surface area contributed by atoms with E-state index in [1.807, 2.05) is 0 Å². The first-order valence-electron chi connectivity index (χ1n) is 8.37. The third kappa shape index (κ3) is 2.87. The van der Waals surface area contributed by atoms with Gasteiger partial charge in [-0.15, -0.1) is 0 Å². The van der Waals surface area contributed by atoms with Crippen LogP contribution >= 0.6 is 0 Å². The summed E-state index contributed by atoms with van der Waals surface area (Å²) in [5, 5.41) is 0. The molecule has 1 aromatic carbocycles. The SMILES string of the molecule is CN(CC1CCCCO1)C1(CN)CCCc2ccccc21. The third-order valence-corrected chi connectivity index (χ3v) is 5.38. The minimum atomic E-state index is -0.00432. The Hall–Kier alpha value is -0.900. The number of rotatable bonds is 4. The molecule has 21 heavy (non-hydrogen) atoms. The fourth-order valence-electron chi connectivity index (χ4n) is 4.09. The molecule has 1 aliphatic carbocycles. The molecule has 1 heterocycles. The average Bonchev–Trinajstić information content (AvgIpc) is 2.55. The molecule has 0 amide bonds. The monoisotopic (exact) mass is 288 g/mol. The normalized spacial score (nSPS) is 29.4. The van der Waals surface area contributed by atoms with Gasteiger partial charge in [-0.3, -0.25) is 4.90 Å². The van der Waals surface area contributed by atoms with Gasteiger partial charge in [0.15, 0.2) is 0 Å². The van der Waals surface area contributed by atoms with Crippen molar-refractivity contribution < 1.29 is 4.74 Å². The number of fused-ring (bicyclic) bond motifs is 1. The lowest BCUT2D eigenvalue weighted by Crippen LogP contribution is -2.53. The molecule has 2 aliphatic rings. The Labute approximate surface area is 128 Å². The van der Waals surface area contributed by atoms with Gasteiger partial charge in [0.25, 0.3) is 0 Å². The molecule has 116 valence electrons.